The highest BCUT2D eigenvalue weighted by atomic mass is 35.6. The highest BCUT2D eigenvalue weighted by molar-refractivity contribution is 6.76. The second-order valence-corrected chi connectivity index (χ2v) is 9.77. The van der Waals surface area contributed by atoms with Gasteiger partial charge < -0.3 is 18.9 Å². The molecule has 0 amide bonds. The predicted molar refractivity (Wildman–Crippen MR) is 124 cm³/mol. The van der Waals surface area contributed by atoms with Gasteiger partial charge in [0.05, 0.1) is 17.2 Å². The number of carbonyl (C=O) groups is 2. The van der Waals surface area contributed by atoms with Gasteiger partial charge in [-0.2, -0.15) is 0 Å². The van der Waals surface area contributed by atoms with Gasteiger partial charge >= 0.3 is 11.9 Å². The SMILES string of the molecule is CC1O[C@@H](OC(=N)C(Cl)(Cl)Cl)C(OC(=O)c2ccccc2)[C@H](OC(=O)c2ccccc2)[C@H]1C. The fraction of sp³-hybridized carbons (Fsp3) is 0.348. The van der Waals surface area contributed by atoms with Gasteiger partial charge in [-0.25, -0.2) is 9.59 Å². The van der Waals surface area contributed by atoms with Gasteiger partial charge in [0.2, 0.25) is 18.3 Å². The minimum absolute atomic E-state index is 0.270. The minimum Gasteiger partial charge on any atom is -0.454 e. The maximum Gasteiger partial charge on any atom is 0.338 e. The molecule has 1 fully saturated rings. The van der Waals surface area contributed by atoms with E-state index in [9.17, 15) is 9.59 Å². The lowest BCUT2D eigenvalue weighted by atomic mass is 9.91. The molecular formula is C23H22Cl3NO6. The maximum atomic E-state index is 12.8. The molecule has 0 saturated carbocycles. The molecule has 7 nitrogen and oxygen atoms in total. The zero-order valence-corrected chi connectivity index (χ0v) is 20.0. The van der Waals surface area contributed by atoms with Crippen LogP contribution in [0.15, 0.2) is 60.7 Å². The lowest BCUT2D eigenvalue weighted by Gasteiger charge is -2.43. The Labute approximate surface area is 206 Å². The van der Waals surface area contributed by atoms with Crippen LogP contribution >= 0.6 is 34.8 Å². The van der Waals surface area contributed by atoms with Crippen molar-refractivity contribution in [1.29, 1.82) is 5.41 Å². The van der Waals surface area contributed by atoms with Crippen LogP contribution in [0, 0.1) is 11.3 Å². The molecule has 3 rings (SSSR count). The third-order valence-corrected chi connectivity index (χ3v) is 5.71. The topological polar surface area (TPSA) is 94.9 Å². The number of alkyl halides is 3. The minimum atomic E-state index is -2.17. The normalized spacial score (nSPS) is 25.1. The van der Waals surface area contributed by atoms with Crippen LogP contribution < -0.4 is 0 Å². The summed E-state index contributed by atoms with van der Waals surface area (Å²) in [5.41, 5.74) is 0.593. The number of ether oxygens (including phenoxy) is 4. The molecule has 1 aliphatic rings. The molecule has 2 unspecified atom stereocenters. The number of hydrogen-bond acceptors (Lipinski definition) is 7. The molecule has 2 aromatic carbocycles. The van der Waals surface area contributed by atoms with Crippen LogP contribution in [0.3, 0.4) is 0 Å². The van der Waals surface area contributed by atoms with Crippen LogP contribution in [0.25, 0.3) is 0 Å². The lowest BCUT2D eigenvalue weighted by molar-refractivity contribution is -0.255. The van der Waals surface area contributed by atoms with E-state index in [1.165, 1.54) is 0 Å². The molecule has 176 valence electrons. The number of carbonyl (C=O) groups excluding carboxylic acids is 2. The van der Waals surface area contributed by atoms with E-state index in [0.717, 1.165) is 0 Å². The fourth-order valence-corrected chi connectivity index (χ4v) is 3.37. The molecule has 0 bridgehead atoms. The van der Waals surface area contributed by atoms with E-state index >= 15 is 0 Å². The van der Waals surface area contributed by atoms with Crippen LogP contribution in [0.4, 0.5) is 0 Å². The summed E-state index contributed by atoms with van der Waals surface area (Å²) in [5, 5.41) is 7.92. The van der Waals surface area contributed by atoms with Gasteiger partial charge in [-0.15, -0.1) is 0 Å². The summed E-state index contributed by atoms with van der Waals surface area (Å²) in [7, 11) is 0. The first-order valence-corrected chi connectivity index (χ1v) is 11.2. The molecule has 1 heterocycles. The Kier molecular flexibility index (Phi) is 8.23. The van der Waals surface area contributed by atoms with Gasteiger partial charge in [-0.3, -0.25) is 5.41 Å². The zero-order valence-electron chi connectivity index (χ0n) is 17.7. The summed E-state index contributed by atoms with van der Waals surface area (Å²) in [6.45, 7) is 3.52. The van der Waals surface area contributed by atoms with Gasteiger partial charge in [0.1, 0.15) is 0 Å². The number of esters is 2. The van der Waals surface area contributed by atoms with E-state index in [1.54, 1.807) is 74.5 Å². The third kappa shape index (κ3) is 6.38. The molecular weight excluding hydrogens is 493 g/mol. The van der Waals surface area contributed by atoms with E-state index in [1.807, 2.05) is 0 Å². The van der Waals surface area contributed by atoms with Gasteiger partial charge in [0, 0.05) is 5.92 Å². The zero-order chi connectivity index (χ0) is 24.2. The van der Waals surface area contributed by atoms with Crippen molar-refractivity contribution in [3.63, 3.8) is 0 Å². The molecule has 10 heteroatoms. The van der Waals surface area contributed by atoms with Crippen molar-refractivity contribution in [3.8, 4) is 0 Å². The van der Waals surface area contributed by atoms with E-state index in [4.69, 9.17) is 59.2 Å². The summed E-state index contributed by atoms with van der Waals surface area (Å²) in [6, 6.07) is 16.6. The Morgan fingerprint density at radius 1 is 0.818 bits per heavy atom. The van der Waals surface area contributed by atoms with Crippen molar-refractivity contribution in [1.82, 2.24) is 0 Å². The van der Waals surface area contributed by atoms with Crippen LogP contribution in [0.2, 0.25) is 0 Å². The fourth-order valence-electron chi connectivity index (χ4n) is 3.24. The molecule has 5 atom stereocenters. The highest BCUT2D eigenvalue weighted by Crippen LogP contribution is 2.35. The van der Waals surface area contributed by atoms with Gasteiger partial charge in [-0.05, 0) is 31.2 Å². The molecule has 0 aliphatic carbocycles. The number of rotatable bonds is 5. The third-order valence-electron chi connectivity index (χ3n) is 5.20. The van der Waals surface area contributed by atoms with Crippen molar-refractivity contribution >= 4 is 52.6 Å². The Hall–Kier alpha value is -2.32. The lowest BCUT2D eigenvalue weighted by Crippen LogP contribution is -2.57. The van der Waals surface area contributed by atoms with E-state index < -0.39 is 52.1 Å². The van der Waals surface area contributed by atoms with E-state index in [0.29, 0.717) is 5.56 Å². The first-order valence-electron chi connectivity index (χ1n) is 10.1. The average Bonchev–Trinajstić information content (AvgIpc) is 2.79. The molecule has 1 N–H and O–H groups in total. The number of halogens is 3. The summed E-state index contributed by atoms with van der Waals surface area (Å²) in [5.74, 6) is -2.43. The molecule has 0 spiro atoms. The van der Waals surface area contributed by atoms with Crippen LogP contribution in [0.1, 0.15) is 34.6 Å². The van der Waals surface area contributed by atoms with Crippen molar-refractivity contribution in [2.45, 2.75) is 42.2 Å². The summed E-state index contributed by atoms with van der Waals surface area (Å²) in [6.07, 6.45) is -4.08. The second kappa shape index (κ2) is 10.7. The molecule has 1 saturated heterocycles. The first-order chi connectivity index (χ1) is 15.6. The van der Waals surface area contributed by atoms with Gasteiger partial charge in [0.15, 0.2) is 6.10 Å². The predicted octanol–water partition coefficient (Wildman–Crippen LogP) is 5.18. The van der Waals surface area contributed by atoms with Gasteiger partial charge in [-0.1, -0.05) is 78.1 Å². The highest BCUT2D eigenvalue weighted by Gasteiger charge is 2.50. The Balaban J connectivity index is 1.91. The quantitative estimate of drug-likeness (QED) is 0.256. The Bertz CT molecular complexity index is 983. The number of hydrogen-bond donors (Lipinski definition) is 1. The molecule has 1 aliphatic heterocycles. The molecule has 0 aromatic heterocycles. The average molecular weight is 515 g/mol. The Morgan fingerprint density at radius 2 is 1.27 bits per heavy atom. The molecule has 33 heavy (non-hydrogen) atoms. The van der Waals surface area contributed by atoms with E-state index in [-0.39, 0.29) is 5.56 Å². The summed E-state index contributed by atoms with van der Waals surface area (Å²) < 4.78 is 20.5. The van der Waals surface area contributed by atoms with Crippen LogP contribution in [-0.4, -0.2) is 46.2 Å². The molecule has 2 aromatic rings. The monoisotopic (exact) mass is 513 g/mol. The number of nitrogens with one attached hydrogen (secondary N) is 1. The smallest absolute Gasteiger partial charge is 0.338 e. The second-order valence-electron chi connectivity index (χ2n) is 7.49. The van der Waals surface area contributed by atoms with Crippen molar-refractivity contribution in [2.24, 2.45) is 5.92 Å². The van der Waals surface area contributed by atoms with Crippen molar-refractivity contribution < 1.29 is 28.5 Å². The summed E-state index contributed by atoms with van der Waals surface area (Å²) in [4.78, 5) is 25.6. The maximum absolute atomic E-state index is 12.8. The van der Waals surface area contributed by atoms with Crippen molar-refractivity contribution in [3.05, 3.63) is 71.8 Å². The van der Waals surface area contributed by atoms with Crippen LogP contribution in [0.5, 0.6) is 0 Å². The molecule has 0 radical (unpaired) electrons. The summed E-state index contributed by atoms with van der Waals surface area (Å²) >= 11 is 17.3. The van der Waals surface area contributed by atoms with Gasteiger partial charge in [0.25, 0.3) is 3.79 Å². The standard InChI is InChI=1S/C23H22Cl3NO6/c1-13-14(2)30-21(33-22(27)23(24,25)26)18(32-20(29)16-11-7-4-8-12-16)17(13)31-19(28)15-9-5-3-6-10-15/h3-14,17-18,21,27H,1-2H3/t13-,14?,17+,18?,21-/m0/s1. The Morgan fingerprint density at radius 3 is 1.73 bits per heavy atom. The first kappa shape index (κ1) is 25.3. The number of benzene rings is 2. The van der Waals surface area contributed by atoms with Crippen LogP contribution in [-0.2, 0) is 18.9 Å². The van der Waals surface area contributed by atoms with E-state index in [2.05, 4.69) is 0 Å². The van der Waals surface area contributed by atoms with Crippen molar-refractivity contribution in [2.75, 3.05) is 0 Å². The largest absolute Gasteiger partial charge is 0.454 e.